The number of carbonyl (C=O) groups excluding carboxylic acids is 3. The molecule has 1 aliphatic heterocycles. The summed E-state index contributed by atoms with van der Waals surface area (Å²) in [5.41, 5.74) is -0.650. The van der Waals surface area contributed by atoms with Crippen LogP contribution in [0.1, 0.15) is 216 Å². The van der Waals surface area contributed by atoms with Crippen molar-refractivity contribution in [3.63, 3.8) is 0 Å². The number of unbranched alkanes of at least 4 members (excludes halogenated alkanes) is 14. The van der Waals surface area contributed by atoms with E-state index in [1.807, 2.05) is 6.08 Å². The van der Waals surface area contributed by atoms with Gasteiger partial charge < -0.3 is 9.47 Å². The lowest BCUT2D eigenvalue weighted by Crippen LogP contribution is -2.34. The van der Waals surface area contributed by atoms with E-state index in [0.29, 0.717) is 18.4 Å². The van der Waals surface area contributed by atoms with E-state index in [4.69, 9.17) is 9.47 Å². The van der Waals surface area contributed by atoms with Gasteiger partial charge in [-0.15, -0.1) is 0 Å². The third kappa shape index (κ3) is 23.9. The van der Waals surface area contributed by atoms with E-state index in [9.17, 15) is 14.4 Å². The minimum atomic E-state index is -0.442. The second-order valence-electron chi connectivity index (χ2n) is 17.9. The van der Waals surface area contributed by atoms with Gasteiger partial charge in [0.25, 0.3) is 0 Å². The Labute approximate surface area is 328 Å². The third-order valence-corrected chi connectivity index (χ3v) is 11.8. The molecule has 1 aliphatic rings. The van der Waals surface area contributed by atoms with Crippen molar-refractivity contribution in [2.45, 2.75) is 228 Å². The highest BCUT2D eigenvalue weighted by Crippen LogP contribution is 2.29. The number of rotatable bonds is 35. The van der Waals surface area contributed by atoms with Gasteiger partial charge in [0.1, 0.15) is 11.9 Å². The first-order valence-electron chi connectivity index (χ1n) is 22.6. The summed E-state index contributed by atoms with van der Waals surface area (Å²) in [6.07, 6.45) is 31.9. The second kappa shape index (κ2) is 29.7. The second-order valence-corrected chi connectivity index (χ2v) is 17.9. The lowest BCUT2D eigenvalue weighted by Gasteiger charge is -2.27. The Morgan fingerprint density at radius 2 is 1.25 bits per heavy atom. The summed E-state index contributed by atoms with van der Waals surface area (Å²) in [7, 11) is 0. The zero-order chi connectivity index (χ0) is 39.4. The fraction of sp³-hybridized carbons (Fsp3) is 0.894. The normalized spacial score (nSPS) is 17.5. The van der Waals surface area contributed by atoms with Gasteiger partial charge >= 0.3 is 5.97 Å². The highest BCUT2D eigenvalue weighted by Gasteiger charge is 2.32. The molecule has 0 aliphatic carbocycles. The summed E-state index contributed by atoms with van der Waals surface area (Å²) in [5, 5.41) is 0. The van der Waals surface area contributed by atoms with Crippen molar-refractivity contribution in [3.8, 4) is 0 Å². The van der Waals surface area contributed by atoms with E-state index in [-0.39, 0.29) is 29.1 Å². The van der Waals surface area contributed by atoms with Crippen molar-refractivity contribution in [1.29, 1.82) is 0 Å². The quantitative estimate of drug-likeness (QED) is 0.0365. The molecule has 1 heterocycles. The number of ether oxygens (including phenoxy) is 2. The molecular weight excluding hydrogens is 659 g/mol. The molecule has 0 bridgehead atoms. The molecule has 1 rings (SSSR count). The van der Waals surface area contributed by atoms with E-state index in [0.717, 1.165) is 123 Å². The van der Waals surface area contributed by atoms with Crippen LogP contribution in [-0.2, 0) is 23.9 Å². The number of hydrogen-bond acceptors (Lipinski definition) is 6. The van der Waals surface area contributed by atoms with Crippen molar-refractivity contribution >= 4 is 17.5 Å². The fourth-order valence-corrected chi connectivity index (χ4v) is 7.56. The maximum absolute atomic E-state index is 13.3. The SMILES string of the molecule is CCCCCCCCC(CCCCCC)OC(=O)C(C)(C)CCCCCCOC[C@@H]1C[C@H](/C=C\C(=O)CCC)CN1CCCCCCC(C)(C)C(C)=O. The average molecular weight is 746 g/mol. The van der Waals surface area contributed by atoms with Crippen molar-refractivity contribution in [1.82, 2.24) is 4.90 Å². The van der Waals surface area contributed by atoms with Crippen molar-refractivity contribution in [2.75, 3.05) is 26.3 Å². The third-order valence-electron chi connectivity index (χ3n) is 11.8. The van der Waals surface area contributed by atoms with Gasteiger partial charge in [-0.3, -0.25) is 19.3 Å². The van der Waals surface area contributed by atoms with Crippen LogP contribution in [0.2, 0.25) is 0 Å². The minimum Gasteiger partial charge on any atom is -0.462 e. The van der Waals surface area contributed by atoms with E-state index in [1.54, 1.807) is 6.92 Å². The first-order chi connectivity index (χ1) is 25.4. The predicted octanol–water partition coefficient (Wildman–Crippen LogP) is 12.8. The molecule has 3 atom stereocenters. The van der Waals surface area contributed by atoms with Crippen molar-refractivity contribution < 1.29 is 23.9 Å². The smallest absolute Gasteiger partial charge is 0.311 e. The molecule has 53 heavy (non-hydrogen) atoms. The highest BCUT2D eigenvalue weighted by atomic mass is 16.5. The summed E-state index contributed by atoms with van der Waals surface area (Å²) in [6.45, 7) is 20.1. The largest absolute Gasteiger partial charge is 0.462 e. The van der Waals surface area contributed by atoms with E-state index < -0.39 is 5.41 Å². The maximum Gasteiger partial charge on any atom is 0.311 e. The number of ketones is 2. The van der Waals surface area contributed by atoms with E-state index in [1.165, 1.54) is 57.8 Å². The molecule has 310 valence electrons. The van der Waals surface area contributed by atoms with Gasteiger partial charge in [0.05, 0.1) is 12.0 Å². The van der Waals surface area contributed by atoms with Crippen LogP contribution in [0, 0.1) is 16.7 Å². The Bertz CT molecular complexity index is 987. The molecule has 0 aromatic heterocycles. The first-order valence-corrected chi connectivity index (χ1v) is 22.6. The molecule has 1 fully saturated rings. The van der Waals surface area contributed by atoms with Gasteiger partial charge in [0, 0.05) is 31.0 Å². The van der Waals surface area contributed by atoms with Gasteiger partial charge in [0.15, 0.2) is 5.78 Å². The number of carbonyl (C=O) groups is 3. The number of esters is 1. The Kier molecular flexibility index (Phi) is 27.7. The summed E-state index contributed by atoms with van der Waals surface area (Å²) in [5.74, 6) is 0.916. The van der Waals surface area contributed by atoms with Crippen LogP contribution in [0.25, 0.3) is 0 Å². The molecular formula is C47H87NO5. The highest BCUT2D eigenvalue weighted by molar-refractivity contribution is 5.89. The van der Waals surface area contributed by atoms with Crippen molar-refractivity contribution in [3.05, 3.63) is 12.2 Å². The molecule has 0 radical (unpaired) electrons. The molecule has 0 aromatic rings. The van der Waals surface area contributed by atoms with Crippen LogP contribution in [0.4, 0.5) is 0 Å². The number of allylic oxidation sites excluding steroid dienone is 1. The summed E-state index contributed by atoms with van der Waals surface area (Å²) < 4.78 is 12.5. The first kappa shape index (κ1) is 49.5. The lowest BCUT2D eigenvalue weighted by molar-refractivity contribution is -0.161. The lowest BCUT2D eigenvalue weighted by atomic mass is 9.83. The monoisotopic (exact) mass is 746 g/mol. The van der Waals surface area contributed by atoms with Crippen LogP contribution >= 0.6 is 0 Å². The Balaban J connectivity index is 2.44. The molecule has 0 saturated carbocycles. The van der Waals surface area contributed by atoms with Crippen LogP contribution < -0.4 is 0 Å². The molecule has 0 amide bonds. The van der Waals surface area contributed by atoms with Gasteiger partial charge in [-0.05, 0) is 104 Å². The summed E-state index contributed by atoms with van der Waals surface area (Å²) in [4.78, 5) is 39.9. The fourth-order valence-electron chi connectivity index (χ4n) is 7.56. The molecule has 1 unspecified atom stereocenters. The van der Waals surface area contributed by atoms with Gasteiger partial charge in [-0.25, -0.2) is 0 Å². The van der Waals surface area contributed by atoms with Gasteiger partial charge in [-0.1, -0.05) is 131 Å². The van der Waals surface area contributed by atoms with Crippen molar-refractivity contribution in [2.24, 2.45) is 16.7 Å². The van der Waals surface area contributed by atoms with Gasteiger partial charge in [0.2, 0.25) is 0 Å². The zero-order valence-corrected chi connectivity index (χ0v) is 36.4. The summed E-state index contributed by atoms with van der Waals surface area (Å²) >= 11 is 0. The molecule has 0 aromatic carbocycles. The van der Waals surface area contributed by atoms with Gasteiger partial charge in [-0.2, -0.15) is 0 Å². The Morgan fingerprint density at radius 1 is 0.698 bits per heavy atom. The van der Waals surface area contributed by atoms with Crippen LogP contribution in [0.5, 0.6) is 0 Å². The molecule has 1 saturated heterocycles. The number of hydrogen-bond donors (Lipinski definition) is 0. The van der Waals surface area contributed by atoms with Crippen LogP contribution in [0.15, 0.2) is 12.2 Å². The Hall–Kier alpha value is -1.53. The summed E-state index contributed by atoms with van der Waals surface area (Å²) in [6, 6.07) is 0.394. The number of nitrogens with zero attached hydrogens (tertiary/aromatic N) is 1. The topological polar surface area (TPSA) is 72.9 Å². The number of likely N-dealkylation sites (tertiary alicyclic amines) is 1. The van der Waals surface area contributed by atoms with E-state index >= 15 is 0 Å². The maximum atomic E-state index is 13.3. The predicted molar refractivity (Wildman–Crippen MR) is 224 cm³/mol. The Morgan fingerprint density at radius 3 is 1.87 bits per heavy atom. The molecule has 0 N–H and O–H groups in total. The standard InChI is InChI=1S/C47H87NO5/c1-9-12-14-16-17-23-30-44(29-22-15-13-10-2)53-45(51)47(7,8)34-25-19-21-27-36-52-39-42-37-41(31-32-43(50)28-11-3)38-48(42)35-26-20-18-24-33-46(5,6)40(4)49/h31-32,41-42,44H,9-30,33-39H2,1-8H3/b32-31-/t41-,42-,44?/m0/s1. The number of Topliss-reactive ketones (excluding diaryl/α,β-unsaturated/α-hetero) is 1. The average Bonchev–Trinajstić information content (AvgIpc) is 3.51. The zero-order valence-electron chi connectivity index (χ0n) is 36.4. The molecule has 6 heteroatoms. The van der Waals surface area contributed by atoms with E-state index in [2.05, 4.69) is 59.4 Å². The minimum absolute atomic E-state index is 0.00626. The molecule has 6 nitrogen and oxygen atoms in total. The van der Waals surface area contributed by atoms with Crippen LogP contribution in [-0.4, -0.2) is 60.9 Å². The molecule has 0 spiro atoms. The van der Waals surface area contributed by atoms with Crippen LogP contribution in [0.3, 0.4) is 0 Å².